The van der Waals surface area contributed by atoms with E-state index < -0.39 is 16.1 Å². The summed E-state index contributed by atoms with van der Waals surface area (Å²) in [6.07, 6.45) is 0.715. The molecule has 0 spiro atoms. The fourth-order valence-electron chi connectivity index (χ4n) is 2.53. The van der Waals surface area contributed by atoms with Gasteiger partial charge in [0, 0.05) is 16.6 Å². The third-order valence-electron chi connectivity index (χ3n) is 3.81. The summed E-state index contributed by atoms with van der Waals surface area (Å²) < 4.78 is 25.9. The van der Waals surface area contributed by atoms with Gasteiger partial charge in [0.05, 0.1) is 17.5 Å². The van der Waals surface area contributed by atoms with E-state index in [0.29, 0.717) is 23.2 Å². The second-order valence-corrected chi connectivity index (χ2v) is 7.83. The van der Waals surface area contributed by atoms with Crippen molar-refractivity contribution >= 4 is 50.0 Å². The summed E-state index contributed by atoms with van der Waals surface area (Å²) in [6, 6.07) is 17.2. The molecule has 0 heterocycles. The van der Waals surface area contributed by atoms with Crippen molar-refractivity contribution in [1.82, 2.24) is 0 Å². The van der Waals surface area contributed by atoms with E-state index in [0.717, 1.165) is 10.8 Å². The number of hydrogen-bond acceptors (Lipinski definition) is 5. The lowest BCUT2D eigenvalue weighted by atomic mass is 10.1. The lowest BCUT2D eigenvalue weighted by Gasteiger charge is -2.08. The number of nitrogens with one attached hydrogen (secondary N) is 2. The van der Waals surface area contributed by atoms with Gasteiger partial charge in [-0.25, -0.2) is 9.79 Å². The molecule has 0 radical (unpaired) electrons. The Morgan fingerprint density at radius 3 is 2.16 bits per heavy atom. The number of fused-ring (bicyclic) bond motifs is 1. The molecule has 0 fully saturated rings. The largest absolute Gasteiger partial charge is 0.478 e. The minimum Gasteiger partial charge on any atom is -0.478 e. The molecule has 10 nitrogen and oxygen atoms in total. The number of nitrogen functional groups attached to an aromatic ring is 1. The zero-order valence-corrected chi connectivity index (χ0v) is 17.2. The molecule has 162 valence electrons. The summed E-state index contributed by atoms with van der Waals surface area (Å²) >= 11 is 0. The number of carboxylic acids is 1. The Balaban J connectivity index is 0.000000614. The predicted molar refractivity (Wildman–Crippen MR) is 121 cm³/mol. The van der Waals surface area contributed by atoms with E-state index in [9.17, 15) is 13.2 Å². The Morgan fingerprint density at radius 2 is 1.61 bits per heavy atom. The zero-order valence-electron chi connectivity index (χ0n) is 16.4. The molecule has 0 aromatic heterocycles. The SMILES string of the molecule is CS(=O)(=O)O.N=C(N)c1ccc2c(N=C(N)Nc3ccc(C(=O)O)cc3)cccc2c1. The molecule has 31 heavy (non-hydrogen) atoms. The van der Waals surface area contributed by atoms with Gasteiger partial charge in [0.25, 0.3) is 10.1 Å². The Hall–Kier alpha value is -3.96. The molecule has 3 aromatic carbocycles. The van der Waals surface area contributed by atoms with Gasteiger partial charge in [-0.15, -0.1) is 0 Å². The number of carboxylic acid groups (broad SMARTS) is 1. The number of nitrogens with two attached hydrogens (primary N) is 2. The molecule has 0 bridgehead atoms. The highest BCUT2D eigenvalue weighted by atomic mass is 32.2. The molecule has 0 saturated heterocycles. The van der Waals surface area contributed by atoms with Crippen molar-refractivity contribution < 1.29 is 22.9 Å². The van der Waals surface area contributed by atoms with Crippen LogP contribution in [0.1, 0.15) is 15.9 Å². The molecule has 11 heteroatoms. The van der Waals surface area contributed by atoms with Crippen LogP contribution in [-0.2, 0) is 10.1 Å². The first-order valence-corrected chi connectivity index (χ1v) is 10.5. The number of nitrogens with zero attached hydrogens (tertiary/aromatic N) is 1. The molecular weight excluding hydrogens is 422 g/mol. The maximum Gasteiger partial charge on any atom is 0.335 e. The number of amidine groups is 1. The van der Waals surface area contributed by atoms with Gasteiger partial charge in [-0.2, -0.15) is 8.42 Å². The average molecular weight is 443 g/mol. The van der Waals surface area contributed by atoms with Gasteiger partial charge in [-0.1, -0.05) is 24.3 Å². The summed E-state index contributed by atoms with van der Waals surface area (Å²) in [7, 11) is -3.67. The summed E-state index contributed by atoms with van der Waals surface area (Å²) in [6.45, 7) is 0. The monoisotopic (exact) mass is 443 g/mol. The molecule has 8 N–H and O–H groups in total. The summed E-state index contributed by atoms with van der Waals surface area (Å²) in [5.41, 5.74) is 13.6. The fraction of sp³-hybridized carbons (Fsp3) is 0.0500. The summed E-state index contributed by atoms with van der Waals surface area (Å²) in [5.74, 6) is -0.804. The minimum atomic E-state index is -3.67. The van der Waals surface area contributed by atoms with Crippen molar-refractivity contribution in [2.24, 2.45) is 16.5 Å². The van der Waals surface area contributed by atoms with Gasteiger partial charge in [-0.05, 0) is 41.8 Å². The second-order valence-electron chi connectivity index (χ2n) is 6.36. The average Bonchev–Trinajstić information content (AvgIpc) is 2.67. The number of guanidine groups is 1. The van der Waals surface area contributed by atoms with Crippen LogP contribution in [0.3, 0.4) is 0 Å². The number of aliphatic imine (C=N–C) groups is 1. The second kappa shape index (κ2) is 9.69. The van der Waals surface area contributed by atoms with Gasteiger partial charge < -0.3 is 21.9 Å². The van der Waals surface area contributed by atoms with Crippen LogP contribution in [0.15, 0.2) is 65.7 Å². The summed E-state index contributed by atoms with van der Waals surface area (Å²) in [5, 5.41) is 21.2. The highest BCUT2D eigenvalue weighted by Crippen LogP contribution is 2.27. The van der Waals surface area contributed by atoms with Gasteiger partial charge in [0.1, 0.15) is 5.84 Å². The molecule has 0 unspecified atom stereocenters. The normalized spacial score (nSPS) is 11.4. The van der Waals surface area contributed by atoms with E-state index in [1.807, 2.05) is 30.3 Å². The quantitative estimate of drug-likeness (QED) is 0.201. The molecule has 3 aromatic rings. The molecule has 0 aliphatic heterocycles. The number of aromatic carboxylic acids is 1. The van der Waals surface area contributed by atoms with Crippen LogP contribution in [-0.4, -0.2) is 42.1 Å². The first-order valence-electron chi connectivity index (χ1n) is 8.68. The van der Waals surface area contributed by atoms with Gasteiger partial charge in [0.15, 0.2) is 5.96 Å². The van der Waals surface area contributed by atoms with Crippen LogP contribution in [0.25, 0.3) is 10.8 Å². The van der Waals surface area contributed by atoms with E-state index >= 15 is 0 Å². The number of benzene rings is 3. The third-order valence-corrected chi connectivity index (χ3v) is 3.81. The molecule has 0 aliphatic rings. The van der Waals surface area contributed by atoms with E-state index in [-0.39, 0.29) is 17.4 Å². The van der Waals surface area contributed by atoms with Crippen LogP contribution in [0, 0.1) is 5.41 Å². The van der Waals surface area contributed by atoms with Gasteiger partial charge in [0.2, 0.25) is 0 Å². The van der Waals surface area contributed by atoms with E-state index in [4.69, 9.17) is 26.5 Å². The van der Waals surface area contributed by atoms with Crippen molar-refractivity contribution in [1.29, 1.82) is 5.41 Å². The van der Waals surface area contributed by atoms with Crippen LogP contribution < -0.4 is 16.8 Å². The van der Waals surface area contributed by atoms with Crippen LogP contribution in [0.2, 0.25) is 0 Å². The standard InChI is InChI=1S/C19H17N5O2.CH4O3S/c20-17(21)13-6-9-15-12(10-13)2-1-3-16(15)24-19(22)23-14-7-4-11(5-8-14)18(25)26;1-5(2,3)4/h1-10H,(H3,20,21)(H,25,26)(H3,22,23,24);1H3,(H,2,3,4). The van der Waals surface area contributed by atoms with Crippen molar-refractivity contribution in [3.05, 3.63) is 71.8 Å². The highest BCUT2D eigenvalue weighted by molar-refractivity contribution is 7.85. The molecule has 3 rings (SSSR count). The third kappa shape index (κ3) is 7.42. The maximum atomic E-state index is 10.9. The zero-order chi connectivity index (χ0) is 23.2. The van der Waals surface area contributed by atoms with E-state index in [2.05, 4.69) is 10.3 Å². The number of rotatable bonds is 4. The van der Waals surface area contributed by atoms with Crippen molar-refractivity contribution in [2.75, 3.05) is 11.6 Å². The van der Waals surface area contributed by atoms with Gasteiger partial charge in [-0.3, -0.25) is 9.96 Å². The maximum absolute atomic E-state index is 10.9. The summed E-state index contributed by atoms with van der Waals surface area (Å²) in [4.78, 5) is 15.3. The predicted octanol–water partition coefficient (Wildman–Crippen LogP) is 2.38. The van der Waals surface area contributed by atoms with Gasteiger partial charge >= 0.3 is 5.97 Å². The lowest BCUT2D eigenvalue weighted by Crippen LogP contribution is -2.21. The van der Waals surface area contributed by atoms with E-state index in [1.54, 1.807) is 18.2 Å². The smallest absolute Gasteiger partial charge is 0.335 e. The van der Waals surface area contributed by atoms with Crippen molar-refractivity contribution in [2.45, 2.75) is 0 Å². The Bertz CT molecular complexity index is 1250. The fourth-order valence-corrected chi connectivity index (χ4v) is 2.53. The Labute approximate surface area is 178 Å². The minimum absolute atomic E-state index is 0.00629. The number of anilines is 1. The van der Waals surface area contributed by atoms with Crippen LogP contribution in [0.4, 0.5) is 11.4 Å². The van der Waals surface area contributed by atoms with Crippen LogP contribution in [0.5, 0.6) is 0 Å². The topological polar surface area (TPSA) is 192 Å². The first kappa shape index (κ1) is 23.3. The van der Waals surface area contributed by atoms with Crippen LogP contribution >= 0.6 is 0 Å². The lowest BCUT2D eigenvalue weighted by molar-refractivity contribution is 0.0697. The number of hydrogen-bond donors (Lipinski definition) is 6. The Morgan fingerprint density at radius 1 is 1.03 bits per heavy atom. The first-order chi connectivity index (χ1) is 14.4. The highest BCUT2D eigenvalue weighted by Gasteiger charge is 2.05. The molecule has 0 aliphatic carbocycles. The van der Waals surface area contributed by atoms with E-state index in [1.165, 1.54) is 12.1 Å². The molecule has 0 saturated carbocycles. The van der Waals surface area contributed by atoms with Crippen molar-refractivity contribution in [3.8, 4) is 0 Å². The number of carbonyl (C=O) groups is 1. The van der Waals surface area contributed by atoms with Crippen molar-refractivity contribution in [3.63, 3.8) is 0 Å². The molecular formula is C20H21N5O5S. The molecule has 0 atom stereocenters. The molecule has 0 amide bonds. The Kier molecular flexibility index (Phi) is 7.29.